The quantitative estimate of drug-likeness (QED) is 0.0234. The number of phenols is 1. The van der Waals surface area contributed by atoms with Crippen LogP contribution in [0.1, 0.15) is 112 Å². The highest BCUT2D eigenvalue weighted by molar-refractivity contribution is 7.80. The fourth-order valence-corrected chi connectivity index (χ4v) is 10.9. The number of carbonyl (C=O) groups excluding carboxylic acids is 14. The lowest BCUT2D eigenvalue weighted by Gasteiger charge is -2.30. The number of nitrogens with two attached hydrogens (primary N) is 1. The molecule has 0 saturated heterocycles. The maximum atomic E-state index is 14.1. The van der Waals surface area contributed by atoms with Gasteiger partial charge in [-0.25, -0.2) is 9.78 Å². The van der Waals surface area contributed by atoms with E-state index >= 15 is 0 Å². The van der Waals surface area contributed by atoms with Gasteiger partial charge in [0.15, 0.2) is 0 Å². The molecular weight excluding hydrogens is 1470 g/mol. The molecule has 0 aliphatic carbocycles. The molecule has 14 amide bonds. The van der Waals surface area contributed by atoms with Crippen LogP contribution < -0.4 is 80.2 Å². The van der Waals surface area contributed by atoms with Gasteiger partial charge in [-0.1, -0.05) is 97.9 Å². The van der Waals surface area contributed by atoms with Crippen molar-refractivity contribution in [3.63, 3.8) is 0 Å². The lowest BCUT2D eigenvalue weighted by Crippen LogP contribution is -2.63. The minimum atomic E-state index is -1.97. The van der Waals surface area contributed by atoms with E-state index in [0.29, 0.717) is 16.8 Å². The summed E-state index contributed by atoms with van der Waals surface area (Å²) in [5, 5.41) is 94.0. The Labute approximate surface area is 646 Å². The van der Waals surface area contributed by atoms with Gasteiger partial charge in [0.05, 0.1) is 44.7 Å². The number of carboxylic acid groups (broad SMARTS) is 2. The zero-order valence-electron chi connectivity index (χ0n) is 63.6. The van der Waals surface area contributed by atoms with Crippen molar-refractivity contribution in [2.45, 2.75) is 205 Å². The van der Waals surface area contributed by atoms with Gasteiger partial charge in [-0.05, 0) is 80.5 Å². The number of amides is 14. The topological polar surface area (TPSA) is 618 Å². The van der Waals surface area contributed by atoms with Crippen LogP contribution in [-0.4, -0.2) is 251 Å². The molecule has 0 radical (unpaired) electrons. The zero-order chi connectivity index (χ0) is 83.7. The Morgan fingerprint density at radius 1 is 0.441 bits per heavy atom. The number of nitrogens with one attached hydrogen (secondary N) is 15. The second-order valence-corrected chi connectivity index (χ2v) is 28.5. The van der Waals surface area contributed by atoms with E-state index in [4.69, 9.17) is 5.73 Å². The molecule has 0 aliphatic rings. The summed E-state index contributed by atoms with van der Waals surface area (Å²) < 4.78 is 0. The van der Waals surface area contributed by atoms with E-state index in [1.54, 1.807) is 85.7 Å². The molecule has 0 bridgehead atoms. The summed E-state index contributed by atoms with van der Waals surface area (Å²) in [6.45, 7) is 13.5. The van der Waals surface area contributed by atoms with Gasteiger partial charge in [0.25, 0.3) is 0 Å². The monoisotopic (exact) mass is 1580 g/mol. The first-order chi connectivity index (χ1) is 52.1. The molecule has 111 heavy (non-hydrogen) atoms. The molecule has 0 spiro atoms. The number of carboxylic acids is 2. The van der Waals surface area contributed by atoms with Gasteiger partial charge >= 0.3 is 11.9 Å². The van der Waals surface area contributed by atoms with Crippen molar-refractivity contribution in [3.05, 3.63) is 83.9 Å². The third kappa shape index (κ3) is 32.7. The molecule has 23 N–H and O–H groups in total. The normalized spacial score (nSPS) is 15.3. The van der Waals surface area contributed by atoms with Crippen LogP contribution in [0.4, 0.5) is 0 Å². The van der Waals surface area contributed by atoms with E-state index < -0.39 is 223 Å². The van der Waals surface area contributed by atoms with E-state index in [9.17, 15) is 107 Å². The Bertz CT molecular complexity index is 3660. The number of hydrogen-bond donors (Lipinski definition) is 23. The van der Waals surface area contributed by atoms with E-state index in [0.717, 1.165) is 13.8 Å². The second kappa shape index (κ2) is 46.6. The fourth-order valence-electron chi connectivity index (χ4n) is 10.7. The number of thiol groups is 1. The molecule has 0 saturated carbocycles. The minimum absolute atomic E-state index is 0.0395. The van der Waals surface area contributed by atoms with Crippen molar-refractivity contribution in [2.24, 2.45) is 29.4 Å². The molecular formula is C71H107N17O22S. The number of aromatic amines is 1. The number of benzene rings is 2. The summed E-state index contributed by atoms with van der Waals surface area (Å²) in [5.74, 6) is -19.5. The van der Waals surface area contributed by atoms with E-state index in [-0.39, 0.29) is 55.4 Å². The van der Waals surface area contributed by atoms with Gasteiger partial charge < -0.3 is 116 Å². The second-order valence-electron chi connectivity index (χ2n) is 28.1. The number of aliphatic hydroxyl groups excluding tert-OH is 3. The molecule has 40 heteroatoms. The maximum absolute atomic E-state index is 14.1. The van der Waals surface area contributed by atoms with Gasteiger partial charge in [-0.15, -0.1) is 0 Å². The van der Waals surface area contributed by atoms with Crippen molar-refractivity contribution in [1.82, 2.24) is 84.4 Å². The number of rotatable bonds is 47. The molecule has 3 rings (SSSR count). The van der Waals surface area contributed by atoms with Gasteiger partial charge in [-0.2, -0.15) is 12.6 Å². The number of aromatic hydroxyl groups is 1. The molecule has 614 valence electrons. The number of hydrogen-bond acceptors (Lipinski definition) is 23. The highest BCUT2D eigenvalue weighted by Gasteiger charge is 2.39. The summed E-state index contributed by atoms with van der Waals surface area (Å²) >= 11 is 4.13. The van der Waals surface area contributed by atoms with Crippen LogP contribution in [0.2, 0.25) is 0 Å². The smallest absolute Gasteiger partial charge is 0.326 e. The SMILES string of the molecule is CC(C)C[C@H](NC(=O)[C@H](CO)NC(=O)[C@H](CS)NC(=O)[C@@H](N)Cc1cnc[nH]1)C(=O)N[C@@H](C)C(=O)N[C@@H](Cc1ccc(O)cc1)C(=O)NCC(=O)N[C@@H](CC(=O)O)C(=O)N[C@@H](C)C(=O)N[C@@H](CO)C(=O)N[C@H](C(=O)N[C@@H](CC(C)C)C(=O)N[C@H](C(=O)N[C@H](C(=O)N[C@@H](Cc1ccccc1)C(=O)O)C(C)C)C(C)C)[C@@H](C)O. The Morgan fingerprint density at radius 3 is 1.32 bits per heavy atom. The Kier molecular flexibility index (Phi) is 39.6. The van der Waals surface area contributed by atoms with Crippen LogP contribution in [0.5, 0.6) is 5.75 Å². The first-order valence-electron chi connectivity index (χ1n) is 35.8. The van der Waals surface area contributed by atoms with Crippen LogP contribution in [0.3, 0.4) is 0 Å². The largest absolute Gasteiger partial charge is 0.508 e. The number of aliphatic hydroxyl groups is 3. The average Bonchev–Trinajstić information content (AvgIpc) is 1.49. The maximum Gasteiger partial charge on any atom is 0.326 e. The molecule has 1 aromatic heterocycles. The van der Waals surface area contributed by atoms with Crippen molar-refractivity contribution in [1.29, 1.82) is 0 Å². The number of aromatic nitrogens is 2. The third-order valence-corrected chi connectivity index (χ3v) is 17.2. The average molecular weight is 1580 g/mol. The van der Waals surface area contributed by atoms with Gasteiger partial charge in [0.1, 0.15) is 84.3 Å². The van der Waals surface area contributed by atoms with Crippen molar-refractivity contribution < 1.29 is 107 Å². The minimum Gasteiger partial charge on any atom is -0.508 e. The van der Waals surface area contributed by atoms with E-state index in [1.807, 2.05) is 0 Å². The van der Waals surface area contributed by atoms with Crippen molar-refractivity contribution >= 4 is 107 Å². The summed E-state index contributed by atoms with van der Waals surface area (Å²) in [6.07, 6.45) is -0.458. The lowest BCUT2D eigenvalue weighted by molar-refractivity contribution is -0.142. The predicted molar refractivity (Wildman–Crippen MR) is 400 cm³/mol. The van der Waals surface area contributed by atoms with Crippen LogP contribution in [0.25, 0.3) is 0 Å². The van der Waals surface area contributed by atoms with E-state index in [1.165, 1.54) is 43.7 Å². The standard InChI is InChI=1S/C71H107N17O22S/c1-33(2)21-45(80-65(103)50(29-89)84-67(105)52(31-111)85-60(98)44(72)25-42-27-73-32-75-42)62(100)76-37(9)58(96)79-47(23-41-17-19-43(92)20-18-41)61(99)74-28-53(93)78-48(26-54(94)95)63(101)77-38(10)59(97)83-51(30-90)66(104)88-57(39(11)91)70(108)81-46(22-34(3)4)64(102)86-56(36(7)8)69(107)87-55(35(5)6)68(106)82-49(71(109)110)24-40-15-13-12-14-16-40/h12-20,27,32-39,44-52,55-57,89-92,111H,21-26,28-31,72H2,1-11H3,(H,73,75)(H,74,99)(H,76,100)(H,77,101)(H,78,93)(H,79,96)(H,80,103)(H,81,108)(H,82,106)(H,83,97)(H,84,105)(H,85,98)(H,86,102)(H,87,107)(H,88,104)(H,94,95)(H,109,110)/t37-,38-,39+,44-,45-,46-,47-,48-,49-,50-,51-,52-,55-,56-,57-/m0/s1. The summed E-state index contributed by atoms with van der Waals surface area (Å²) in [7, 11) is 0. The molecule has 0 unspecified atom stereocenters. The summed E-state index contributed by atoms with van der Waals surface area (Å²) in [5.41, 5.74) is 7.50. The van der Waals surface area contributed by atoms with Crippen molar-refractivity contribution in [2.75, 3.05) is 25.5 Å². The number of phenolic OH excluding ortho intramolecular Hbond substituents is 1. The summed E-state index contributed by atoms with van der Waals surface area (Å²) in [4.78, 5) is 222. The predicted octanol–water partition coefficient (Wildman–Crippen LogP) is -5.81. The molecule has 2 aromatic carbocycles. The molecule has 39 nitrogen and oxygen atoms in total. The molecule has 1 heterocycles. The highest BCUT2D eigenvalue weighted by Crippen LogP contribution is 2.16. The van der Waals surface area contributed by atoms with Gasteiger partial charge in [0, 0.05) is 36.9 Å². The Hall–Kier alpha value is -10.8. The third-order valence-electron chi connectivity index (χ3n) is 16.9. The van der Waals surface area contributed by atoms with Crippen LogP contribution in [0.15, 0.2) is 67.1 Å². The number of carbonyl (C=O) groups is 16. The summed E-state index contributed by atoms with van der Waals surface area (Å²) in [6, 6.07) is -7.59. The molecule has 0 fully saturated rings. The van der Waals surface area contributed by atoms with Crippen molar-refractivity contribution in [3.8, 4) is 5.75 Å². The fraction of sp³-hybridized carbons (Fsp3) is 0.563. The van der Waals surface area contributed by atoms with Gasteiger partial charge in [0.2, 0.25) is 82.7 Å². The Morgan fingerprint density at radius 2 is 0.847 bits per heavy atom. The first kappa shape index (κ1) is 94.4. The lowest BCUT2D eigenvalue weighted by atomic mass is 9.97. The number of nitrogens with zero attached hydrogens (tertiary/aromatic N) is 1. The van der Waals surface area contributed by atoms with E-state index in [2.05, 4.69) is 97.0 Å². The molecule has 3 aromatic rings. The number of imidazole rings is 1. The number of H-pyrrole nitrogens is 1. The van der Waals surface area contributed by atoms with Crippen LogP contribution in [-0.2, 0) is 96.0 Å². The highest BCUT2D eigenvalue weighted by atomic mass is 32.1. The number of aliphatic carboxylic acids is 2. The van der Waals surface area contributed by atoms with Gasteiger partial charge in [-0.3, -0.25) is 71.9 Å². The Balaban J connectivity index is 1.69. The van der Waals surface area contributed by atoms with Crippen LogP contribution in [0, 0.1) is 23.7 Å². The zero-order valence-corrected chi connectivity index (χ0v) is 64.5. The molecule has 0 aliphatic heterocycles. The van der Waals surface area contributed by atoms with Crippen LogP contribution >= 0.6 is 12.6 Å². The molecule has 15 atom stereocenters. The first-order valence-corrected chi connectivity index (χ1v) is 36.4.